The molecule has 10 heteroatoms. The average molecular weight is 488 g/mol. The first-order valence-electron chi connectivity index (χ1n) is 10.1. The number of benzene rings is 3. The Morgan fingerprint density at radius 2 is 1.58 bits per heavy atom. The summed E-state index contributed by atoms with van der Waals surface area (Å²) < 4.78 is 67.8. The molecule has 1 atom stereocenters. The fourth-order valence-electron chi connectivity index (χ4n) is 3.62. The number of halogens is 1. The summed E-state index contributed by atoms with van der Waals surface area (Å²) in [7, 11) is -7.49. The van der Waals surface area contributed by atoms with Crippen molar-refractivity contribution in [3.8, 4) is 0 Å². The third-order valence-electron chi connectivity index (χ3n) is 5.22. The summed E-state index contributed by atoms with van der Waals surface area (Å²) in [6, 6.07) is 18.0. The van der Waals surface area contributed by atoms with Crippen LogP contribution in [-0.4, -0.2) is 33.2 Å². The molecule has 0 aromatic heterocycles. The number of rotatable bonds is 6. The zero-order chi connectivity index (χ0) is 23.8. The molecule has 0 saturated heterocycles. The van der Waals surface area contributed by atoms with Crippen LogP contribution in [0, 0.1) is 12.7 Å². The van der Waals surface area contributed by atoms with Crippen LogP contribution in [0.1, 0.15) is 29.2 Å². The van der Waals surface area contributed by atoms with Gasteiger partial charge in [-0.3, -0.25) is 4.72 Å². The van der Waals surface area contributed by atoms with E-state index in [1.165, 1.54) is 18.2 Å². The minimum absolute atomic E-state index is 0.0622. The van der Waals surface area contributed by atoms with Crippen LogP contribution in [0.5, 0.6) is 0 Å². The van der Waals surface area contributed by atoms with E-state index in [2.05, 4.69) is 9.82 Å². The van der Waals surface area contributed by atoms with Gasteiger partial charge in [0.05, 0.1) is 22.9 Å². The Kier molecular flexibility index (Phi) is 5.98. The van der Waals surface area contributed by atoms with Crippen LogP contribution in [0.15, 0.2) is 82.8 Å². The molecule has 3 aromatic rings. The number of hydrogen-bond donors (Lipinski definition) is 1. The summed E-state index contributed by atoms with van der Waals surface area (Å²) in [5, 5.41) is 4.39. The highest BCUT2D eigenvalue weighted by Crippen LogP contribution is 2.38. The van der Waals surface area contributed by atoms with Gasteiger partial charge in [0.1, 0.15) is 5.82 Å². The quantitative estimate of drug-likeness (QED) is 0.568. The molecule has 3 aromatic carbocycles. The smallest absolute Gasteiger partial charge is 0.279 e. The lowest BCUT2D eigenvalue weighted by Crippen LogP contribution is -2.28. The van der Waals surface area contributed by atoms with Gasteiger partial charge >= 0.3 is 0 Å². The highest BCUT2D eigenvalue weighted by molar-refractivity contribution is 7.92. The molecule has 1 heterocycles. The normalized spacial score (nSPS) is 16.5. The summed E-state index contributed by atoms with van der Waals surface area (Å²) >= 11 is 0. The Labute approximate surface area is 192 Å². The molecule has 0 amide bonds. The first kappa shape index (κ1) is 22.9. The number of nitrogens with one attached hydrogen (secondary N) is 1. The molecular formula is C23H22FN3O4S2. The highest BCUT2D eigenvalue weighted by Gasteiger charge is 2.38. The first-order valence-corrected chi connectivity index (χ1v) is 13.4. The Morgan fingerprint density at radius 3 is 2.18 bits per heavy atom. The molecule has 0 saturated carbocycles. The van der Waals surface area contributed by atoms with Crippen molar-refractivity contribution in [1.82, 2.24) is 4.41 Å². The SMILES string of the molecule is Cc1ccc(S(=O)(=O)N2N=C(c3ccc(NS(C)(=O)=O)cc3)C[C@@H]2c2ccccc2F)cc1. The van der Waals surface area contributed by atoms with E-state index in [9.17, 15) is 21.2 Å². The van der Waals surface area contributed by atoms with Crippen molar-refractivity contribution in [2.45, 2.75) is 24.3 Å². The minimum Gasteiger partial charge on any atom is -0.284 e. The molecule has 4 rings (SSSR count). The van der Waals surface area contributed by atoms with Crippen molar-refractivity contribution >= 4 is 31.4 Å². The second-order valence-corrected chi connectivity index (χ2v) is 11.4. The number of nitrogens with zero attached hydrogens (tertiary/aromatic N) is 2. The van der Waals surface area contributed by atoms with E-state index >= 15 is 0 Å². The molecule has 0 fully saturated rings. The molecule has 1 aliphatic rings. The van der Waals surface area contributed by atoms with Crippen LogP contribution in [-0.2, 0) is 20.0 Å². The highest BCUT2D eigenvalue weighted by atomic mass is 32.2. The Balaban J connectivity index is 1.75. The zero-order valence-electron chi connectivity index (χ0n) is 17.9. The van der Waals surface area contributed by atoms with Gasteiger partial charge in [-0.15, -0.1) is 0 Å². The predicted octanol–water partition coefficient (Wildman–Crippen LogP) is 4.05. The Hall–Kier alpha value is -3.24. The third-order valence-corrected chi connectivity index (χ3v) is 7.53. The van der Waals surface area contributed by atoms with Gasteiger partial charge in [-0.25, -0.2) is 12.8 Å². The van der Waals surface area contributed by atoms with Gasteiger partial charge in [0.15, 0.2) is 0 Å². The number of hydrazone groups is 1. The van der Waals surface area contributed by atoms with E-state index in [1.54, 1.807) is 54.6 Å². The van der Waals surface area contributed by atoms with Crippen molar-refractivity contribution < 1.29 is 21.2 Å². The van der Waals surface area contributed by atoms with Gasteiger partial charge in [-0.1, -0.05) is 48.0 Å². The van der Waals surface area contributed by atoms with Gasteiger partial charge in [-0.2, -0.15) is 17.9 Å². The monoisotopic (exact) mass is 487 g/mol. The Morgan fingerprint density at radius 1 is 0.939 bits per heavy atom. The van der Waals surface area contributed by atoms with Gasteiger partial charge in [0.2, 0.25) is 10.0 Å². The van der Waals surface area contributed by atoms with E-state index in [0.29, 0.717) is 17.0 Å². The van der Waals surface area contributed by atoms with E-state index in [-0.39, 0.29) is 16.9 Å². The van der Waals surface area contributed by atoms with Crippen LogP contribution in [0.3, 0.4) is 0 Å². The van der Waals surface area contributed by atoms with Crippen molar-refractivity contribution in [3.63, 3.8) is 0 Å². The van der Waals surface area contributed by atoms with Crippen LogP contribution in [0.25, 0.3) is 0 Å². The van der Waals surface area contributed by atoms with E-state index in [4.69, 9.17) is 0 Å². The number of anilines is 1. The first-order chi connectivity index (χ1) is 15.5. The third kappa shape index (κ3) is 4.91. The van der Waals surface area contributed by atoms with Crippen LogP contribution < -0.4 is 4.72 Å². The summed E-state index contributed by atoms with van der Waals surface area (Å²) in [4.78, 5) is 0.0622. The van der Waals surface area contributed by atoms with Crippen LogP contribution in [0.4, 0.5) is 10.1 Å². The second-order valence-electron chi connectivity index (χ2n) is 7.83. The maximum Gasteiger partial charge on any atom is 0.279 e. The summed E-state index contributed by atoms with van der Waals surface area (Å²) in [5.74, 6) is -0.518. The number of aryl methyl sites for hydroxylation is 1. The Bertz CT molecular complexity index is 1420. The second kappa shape index (κ2) is 8.60. The maximum absolute atomic E-state index is 14.7. The fraction of sp³-hybridized carbons (Fsp3) is 0.174. The molecule has 0 unspecified atom stereocenters. The predicted molar refractivity (Wildman–Crippen MR) is 125 cm³/mol. The topological polar surface area (TPSA) is 95.9 Å². The summed E-state index contributed by atoms with van der Waals surface area (Å²) in [6.45, 7) is 1.85. The van der Waals surface area contributed by atoms with E-state index in [0.717, 1.165) is 16.2 Å². The number of sulfonamides is 2. The van der Waals surface area contributed by atoms with Crippen LogP contribution in [0.2, 0.25) is 0 Å². The minimum atomic E-state index is -4.06. The molecule has 0 bridgehead atoms. The lowest BCUT2D eigenvalue weighted by atomic mass is 9.99. The molecule has 33 heavy (non-hydrogen) atoms. The molecule has 1 N–H and O–H groups in total. The van der Waals surface area contributed by atoms with Gasteiger partial charge in [0.25, 0.3) is 10.0 Å². The van der Waals surface area contributed by atoms with Gasteiger partial charge < -0.3 is 0 Å². The van der Waals surface area contributed by atoms with Crippen molar-refractivity contribution in [2.75, 3.05) is 11.0 Å². The van der Waals surface area contributed by atoms with Crippen molar-refractivity contribution in [2.24, 2.45) is 5.10 Å². The maximum atomic E-state index is 14.7. The lowest BCUT2D eigenvalue weighted by molar-refractivity contribution is 0.362. The molecule has 0 spiro atoms. The largest absolute Gasteiger partial charge is 0.284 e. The van der Waals surface area contributed by atoms with Crippen molar-refractivity contribution in [3.05, 3.63) is 95.3 Å². The molecule has 172 valence electrons. The van der Waals surface area contributed by atoms with E-state index in [1.807, 2.05) is 6.92 Å². The standard InChI is InChI=1S/C23H22FN3O4S2/c1-16-7-13-19(14-8-16)33(30,31)27-23(20-5-3-4-6-21(20)24)15-22(25-27)17-9-11-18(12-10-17)26-32(2,28)29/h3-14,23,26H,15H2,1-2H3/t23-/m1/s1. The van der Waals surface area contributed by atoms with E-state index < -0.39 is 31.9 Å². The molecular weight excluding hydrogens is 465 g/mol. The molecule has 1 aliphatic heterocycles. The average Bonchev–Trinajstić information content (AvgIpc) is 3.20. The molecule has 0 aliphatic carbocycles. The molecule has 0 radical (unpaired) electrons. The lowest BCUT2D eigenvalue weighted by Gasteiger charge is -2.23. The fourth-order valence-corrected chi connectivity index (χ4v) is 5.61. The molecule has 7 nitrogen and oxygen atoms in total. The van der Waals surface area contributed by atoms with Gasteiger partial charge in [-0.05, 0) is 42.8 Å². The van der Waals surface area contributed by atoms with Gasteiger partial charge in [0, 0.05) is 17.7 Å². The summed E-state index contributed by atoms with van der Waals surface area (Å²) in [6.07, 6.45) is 1.21. The van der Waals surface area contributed by atoms with Crippen LogP contribution >= 0.6 is 0 Å². The van der Waals surface area contributed by atoms with Crippen molar-refractivity contribution in [1.29, 1.82) is 0 Å². The zero-order valence-corrected chi connectivity index (χ0v) is 19.6. The number of hydrogen-bond acceptors (Lipinski definition) is 5. The summed E-state index contributed by atoms with van der Waals surface area (Å²) in [5.41, 5.74) is 2.56.